The third-order valence-corrected chi connectivity index (χ3v) is 4.98. The highest BCUT2D eigenvalue weighted by Crippen LogP contribution is 2.34. The Morgan fingerprint density at radius 3 is 2.62 bits per heavy atom. The molecule has 2 fully saturated rings. The lowest BCUT2D eigenvalue weighted by Gasteiger charge is -2.27. The fourth-order valence-corrected chi connectivity index (χ4v) is 3.68. The summed E-state index contributed by atoms with van der Waals surface area (Å²) in [7, 11) is 0. The maximum atomic E-state index is 4.75. The molecule has 0 spiro atoms. The fraction of sp³-hybridized carbons (Fsp3) is 0.750. The summed E-state index contributed by atoms with van der Waals surface area (Å²) >= 11 is 1.92. The van der Waals surface area contributed by atoms with Crippen LogP contribution in [0.3, 0.4) is 0 Å². The van der Waals surface area contributed by atoms with Gasteiger partial charge in [-0.2, -0.15) is 0 Å². The van der Waals surface area contributed by atoms with Gasteiger partial charge in [0.1, 0.15) is 0 Å². The quantitative estimate of drug-likeness (QED) is 0.854. The van der Waals surface area contributed by atoms with Crippen LogP contribution < -0.4 is 10.2 Å². The molecule has 0 bridgehead atoms. The second-order valence-electron chi connectivity index (χ2n) is 4.85. The first-order valence-electron chi connectivity index (χ1n) is 6.27. The molecule has 1 aromatic rings. The van der Waals surface area contributed by atoms with Gasteiger partial charge in [-0.1, -0.05) is 0 Å². The van der Waals surface area contributed by atoms with Crippen molar-refractivity contribution in [2.24, 2.45) is 0 Å². The summed E-state index contributed by atoms with van der Waals surface area (Å²) in [6, 6.07) is 0. The van der Waals surface area contributed by atoms with Gasteiger partial charge in [-0.05, 0) is 26.2 Å². The SMILES string of the molecule is Cc1nc(N2CCCCC2)sc1C1CNC1. The molecule has 0 radical (unpaired) electrons. The van der Waals surface area contributed by atoms with Crippen LogP contribution in [0.4, 0.5) is 5.13 Å². The lowest BCUT2D eigenvalue weighted by atomic mass is 10.0. The highest BCUT2D eigenvalue weighted by atomic mass is 32.1. The number of aryl methyl sites for hydroxylation is 1. The Morgan fingerprint density at radius 2 is 2.00 bits per heavy atom. The molecule has 3 heterocycles. The number of hydrogen-bond acceptors (Lipinski definition) is 4. The average Bonchev–Trinajstić information content (AvgIpc) is 2.60. The van der Waals surface area contributed by atoms with Crippen LogP contribution in [-0.4, -0.2) is 31.2 Å². The maximum Gasteiger partial charge on any atom is 0.185 e. The van der Waals surface area contributed by atoms with Crippen molar-refractivity contribution < 1.29 is 0 Å². The normalized spacial score (nSPS) is 22.2. The Kier molecular flexibility index (Phi) is 2.86. The van der Waals surface area contributed by atoms with Crippen molar-refractivity contribution in [3.63, 3.8) is 0 Å². The summed E-state index contributed by atoms with van der Waals surface area (Å²) in [6.07, 6.45) is 4.05. The lowest BCUT2D eigenvalue weighted by molar-refractivity contribution is 0.452. The Bertz CT molecular complexity index is 364. The molecular formula is C12H19N3S. The highest BCUT2D eigenvalue weighted by molar-refractivity contribution is 7.15. The Balaban J connectivity index is 1.79. The van der Waals surface area contributed by atoms with Gasteiger partial charge in [0.2, 0.25) is 0 Å². The van der Waals surface area contributed by atoms with Crippen LogP contribution in [0.1, 0.15) is 35.8 Å². The van der Waals surface area contributed by atoms with Gasteiger partial charge in [0.15, 0.2) is 5.13 Å². The molecule has 0 atom stereocenters. The molecule has 2 aliphatic rings. The van der Waals surface area contributed by atoms with E-state index in [4.69, 9.17) is 4.98 Å². The summed E-state index contributed by atoms with van der Waals surface area (Å²) in [5.41, 5.74) is 1.26. The Morgan fingerprint density at radius 1 is 1.25 bits per heavy atom. The molecule has 0 unspecified atom stereocenters. The standard InChI is InChI=1S/C12H19N3S/c1-9-11(10-7-13-8-10)16-12(14-9)15-5-3-2-4-6-15/h10,13H,2-8H2,1H3. The van der Waals surface area contributed by atoms with Crippen LogP contribution in [0, 0.1) is 6.92 Å². The first-order valence-corrected chi connectivity index (χ1v) is 7.09. The molecule has 3 nitrogen and oxygen atoms in total. The van der Waals surface area contributed by atoms with E-state index >= 15 is 0 Å². The number of anilines is 1. The topological polar surface area (TPSA) is 28.2 Å². The molecule has 88 valence electrons. The number of thiazole rings is 1. The van der Waals surface area contributed by atoms with Crippen molar-refractivity contribution in [1.29, 1.82) is 0 Å². The molecule has 16 heavy (non-hydrogen) atoms. The third-order valence-electron chi connectivity index (χ3n) is 3.60. The van der Waals surface area contributed by atoms with E-state index in [9.17, 15) is 0 Å². The predicted molar refractivity (Wildman–Crippen MR) is 68.5 cm³/mol. The minimum Gasteiger partial charge on any atom is -0.348 e. The Hall–Kier alpha value is -0.610. The van der Waals surface area contributed by atoms with E-state index in [0.29, 0.717) is 0 Å². The Labute approximate surface area is 101 Å². The minimum atomic E-state index is 0.732. The van der Waals surface area contributed by atoms with Crippen LogP contribution >= 0.6 is 11.3 Å². The second kappa shape index (κ2) is 4.34. The molecule has 1 N–H and O–H groups in total. The first kappa shape index (κ1) is 10.5. The smallest absolute Gasteiger partial charge is 0.185 e. The van der Waals surface area contributed by atoms with Crippen molar-refractivity contribution >= 4 is 16.5 Å². The molecular weight excluding hydrogens is 218 g/mol. The van der Waals surface area contributed by atoms with Crippen molar-refractivity contribution in [3.05, 3.63) is 10.6 Å². The predicted octanol–water partition coefficient (Wildman–Crippen LogP) is 2.13. The van der Waals surface area contributed by atoms with Crippen LogP contribution in [0.5, 0.6) is 0 Å². The number of nitrogens with zero attached hydrogens (tertiary/aromatic N) is 2. The average molecular weight is 237 g/mol. The van der Waals surface area contributed by atoms with Gasteiger partial charge in [0, 0.05) is 37.0 Å². The van der Waals surface area contributed by atoms with Crippen molar-refractivity contribution in [3.8, 4) is 0 Å². The van der Waals surface area contributed by atoms with Gasteiger partial charge in [-0.15, -0.1) is 11.3 Å². The maximum absolute atomic E-state index is 4.75. The monoisotopic (exact) mass is 237 g/mol. The van der Waals surface area contributed by atoms with E-state index in [1.165, 1.54) is 48.1 Å². The summed E-state index contributed by atoms with van der Waals surface area (Å²) < 4.78 is 0. The van der Waals surface area contributed by atoms with Crippen LogP contribution in [-0.2, 0) is 0 Å². The van der Waals surface area contributed by atoms with E-state index < -0.39 is 0 Å². The summed E-state index contributed by atoms with van der Waals surface area (Å²) in [5.74, 6) is 0.732. The first-order chi connectivity index (χ1) is 7.84. The lowest BCUT2D eigenvalue weighted by Crippen LogP contribution is -2.39. The molecule has 0 amide bonds. The molecule has 0 aliphatic carbocycles. The summed E-state index contributed by atoms with van der Waals surface area (Å²) in [4.78, 5) is 8.74. The van der Waals surface area contributed by atoms with Crippen molar-refractivity contribution in [2.45, 2.75) is 32.1 Å². The summed E-state index contributed by atoms with van der Waals surface area (Å²) in [6.45, 7) is 6.85. The van der Waals surface area contributed by atoms with Gasteiger partial charge in [0.05, 0.1) is 5.69 Å². The van der Waals surface area contributed by atoms with E-state index in [1.54, 1.807) is 0 Å². The van der Waals surface area contributed by atoms with E-state index in [0.717, 1.165) is 19.0 Å². The van der Waals surface area contributed by atoms with Crippen LogP contribution in [0.15, 0.2) is 0 Å². The van der Waals surface area contributed by atoms with Gasteiger partial charge >= 0.3 is 0 Å². The number of piperidine rings is 1. The largest absolute Gasteiger partial charge is 0.348 e. The van der Waals surface area contributed by atoms with E-state index in [2.05, 4.69) is 17.1 Å². The minimum absolute atomic E-state index is 0.732. The van der Waals surface area contributed by atoms with Gasteiger partial charge < -0.3 is 10.2 Å². The second-order valence-corrected chi connectivity index (χ2v) is 5.86. The molecule has 0 saturated carbocycles. The summed E-state index contributed by atoms with van der Waals surface area (Å²) in [5, 5.41) is 4.60. The zero-order chi connectivity index (χ0) is 11.0. The zero-order valence-corrected chi connectivity index (χ0v) is 10.6. The van der Waals surface area contributed by atoms with Crippen molar-refractivity contribution in [2.75, 3.05) is 31.1 Å². The van der Waals surface area contributed by atoms with Gasteiger partial charge in [-0.3, -0.25) is 0 Å². The molecule has 0 aromatic carbocycles. The molecule has 1 aromatic heterocycles. The number of nitrogens with one attached hydrogen (secondary N) is 1. The zero-order valence-electron chi connectivity index (χ0n) is 9.83. The van der Waals surface area contributed by atoms with Crippen LogP contribution in [0.2, 0.25) is 0 Å². The van der Waals surface area contributed by atoms with E-state index in [1.807, 2.05) is 11.3 Å². The van der Waals surface area contributed by atoms with E-state index in [-0.39, 0.29) is 0 Å². The fourth-order valence-electron chi connectivity index (χ4n) is 2.47. The van der Waals surface area contributed by atoms with Gasteiger partial charge in [0.25, 0.3) is 0 Å². The third kappa shape index (κ3) is 1.84. The van der Waals surface area contributed by atoms with Gasteiger partial charge in [-0.25, -0.2) is 4.98 Å². The molecule has 2 aliphatic heterocycles. The van der Waals surface area contributed by atoms with Crippen molar-refractivity contribution in [1.82, 2.24) is 10.3 Å². The number of rotatable bonds is 2. The molecule has 3 rings (SSSR count). The van der Waals surface area contributed by atoms with Crippen LogP contribution in [0.25, 0.3) is 0 Å². The number of hydrogen-bond donors (Lipinski definition) is 1. The molecule has 4 heteroatoms. The number of aromatic nitrogens is 1. The highest BCUT2D eigenvalue weighted by Gasteiger charge is 2.25. The molecule has 2 saturated heterocycles.